The summed E-state index contributed by atoms with van der Waals surface area (Å²) in [4.78, 5) is 16.6. The van der Waals surface area contributed by atoms with Gasteiger partial charge < -0.3 is 10.1 Å². The summed E-state index contributed by atoms with van der Waals surface area (Å²) in [6.07, 6.45) is 1.72. The van der Waals surface area contributed by atoms with E-state index >= 15 is 0 Å². The van der Waals surface area contributed by atoms with Crippen molar-refractivity contribution in [3.05, 3.63) is 65.6 Å². The molecular weight excluding hydrogens is 304 g/mol. The van der Waals surface area contributed by atoms with Gasteiger partial charge in [0.1, 0.15) is 17.5 Å². The van der Waals surface area contributed by atoms with Gasteiger partial charge in [-0.2, -0.15) is 5.10 Å². The highest BCUT2D eigenvalue weighted by Gasteiger charge is 2.36. The molecule has 1 amide bonds. The number of H-pyrrole nitrogens is 1. The van der Waals surface area contributed by atoms with Crippen LogP contribution in [0.4, 0.5) is 0 Å². The molecule has 0 spiro atoms. The summed E-state index contributed by atoms with van der Waals surface area (Å²) in [5.74, 6) is 0.647. The molecule has 6 heteroatoms. The van der Waals surface area contributed by atoms with Crippen molar-refractivity contribution in [3.63, 3.8) is 0 Å². The molecule has 3 heterocycles. The maximum Gasteiger partial charge on any atom is 0.270 e. The molecule has 2 N–H and O–H groups in total. The quantitative estimate of drug-likeness (QED) is 0.774. The Balaban J connectivity index is 1.77. The van der Waals surface area contributed by atoms with Crippen LogP contribution < -0.4 is 10.1 Å². The number of nitrogens with zero attached hydrogens (tertiary/aromatic N) is 2. The minimum Gasteiger partial charge on any atom is -0.494 e. The first kappa shape index (κ1) is 14.4. The normalized spacial score (nSPS) is 15.9. The molecule has 0 saturated carbocycles. The molecule has 0 fully saturated rings. The Hall–Kier alpha value is -3.15. The summed E-state index contributed by atoms with van der Waals surface area (Å²) in [7, 11) is 0. The average Bonchev–Trinajstić information content (AvgIpc) is 3.18. The molecule has 1 aliphatic heterocycles. The Morgan fingerprint density at radius 1 is 1.17 bits per heavy atom. The van der Waals surface area contributed by atoms with Crippen LogP contribution in [0.15, 0.2) is 48.7 Å². The number of fused-ring (bicyclic) bond motifs is 1. The summed E-state index contributed by atoms with van der Waals surface area (Å²) >= 11 is 0. The van der Waals surface area contributed by atoms with Crippen molar-refractivity contribution in [3.8, 4) is 17.0 Å². The second kappa shape index (κ2) is 5.81. The molecule has 1 aromatic carbocycles. The molecule has 0 aliphatic carbocycles. The number of benzene rings is 1. The van der Waals surface area contributed by atoms with Crippen LogP contribution in [0.1, 0.15) is 34.7 Å². The van der Waals surface area contributed by atoms with Gasteiger partial charge in [0.25, 0.3) is 5.91 Å². The summed E-state index contributed by atoms with van der Waals surface area (Å²) in [5.41, 5.74) is 3.80. The predicted octanol–water partition coefficient (Wildman–Crippen LogP) is 2.70. The lowest BCUT2D eigenvalue weighted by molar-refractivity contribution is 0.0955. The molecule has 1 aliphatic rings. The second-order valence-electron chi connectivity index (χ2n) is 5.48. The molecule has 0 bridgehead atoms. The van der Waals surface area contributed by atoms with E-state index in [4.69, 9.17) is 4.74 Å². The van der Waals surface area contributed by atoms with Gasteiger partial charge in [0.05, 0.1) is 18.0 Å². The minimum absolute atomic E-state index is 0.162. The van der Waals surface area contributed by atoms with Crippen molar-refractivity contribution in [2.45, 2.75) is 13.0 Å². The van der Waals surface area contributed by atoms with Gasteiger partial charge in [-0.1, -0.05) is 6.07 Å². The lowest BCUT2D eigenvalue weighted by atomic mass is 10.00. The molecule has 2 aromatic heterocycles. The predicted molar refractivity (Wildman–Crippen MR) is 88.7 cm³/mol. The van der Waals surface area contributed by atoms with E-state index in [9.17, 15) is 4.79 Å². The standard InChI is InChI=1S/C18H16N4O2/c1-2-24-12-8-6-11(7-9-12)15-14-16(13-5-3-4-10-19-13)20-18(23)17(14)22-21-15/h3-10,16H,2H2,1H3,(H,20,23)(H,21,22)/t16-/m1/s1. The number of aromatic amines is 1. The number of carbonyl (C=O) groups excluding carboxylic acids is 1. The van der Waals surface area contributed by atoms with E-state index in [1.807, 2.05) is 49.4 Å². The molecule has 4 rings (SSSR count). The van der Waals surface area contributed by atoms with E-state index < -0.39 is 0 Å². The molecule has 0 unspecified atom stereocenters. The van der Waals surface area contributed by atoms with Gasteiger partial charge >= 0.3 is 0 Å². The maximum atomic E-state index is 12.2. The van der Waals surface area contributed by atoms with Crippen molar-refractivity contribution in [2.75, 3.05) is 6.61 Å². The highest BCUT2D eigenvalue weighted by molar-refractivity contribution is 6.00. The molecule has 0 saturated heterocycles. The molecular formula is C18H16N4O2. The lowest BCUT2D eigenvalue weighted by Gasteiger charge is -2.12. The Kier molecular flexibility index (Phi) is 3.49. The fourth-order valence-electron chi connectivity index (χ4n) is 2.94. The second-order valence-corrected chi connectivity index (χ2v) is 5.48. The number of pyridine rings is 1. The van der Waals surface area contributed by atoms with Gasteiger partial charge in [-0.05, 0) is 43.3 Å². The number of nitrogens with one attached hydrogen (secondary N) is 2. The molecule has 24 heavy (non-hydrogen) atoms. The van der Waals surface area contributed by atoms with E-state index in [0.29, 0.717) is 12.3 Å². The number of hydrogen-bond donors (Lipinski definition) is 2. The molecule has 120 valence electrons. The summed E-state index contributed by atoms with van der Waals surface area (Å²) < 4.78 is 5.47. The van der Waals surface area contributed by atoms with Gasteiger partial charge in [-0.25, -0.2) is 0 Å². The minimum atomic E-state index is -0.297. The van der Waals surface area contributed by atoms with Crippen LogP contribution in [0.5, 0.6) is 5.75 Å². The van der Waals surface area contributed by atoms with Crippen molar-refractivity contribution in [2.24, 2.45) is 0 Å². The maximum absolute atomic E-state index is 12.2. The number of hydrogen-bond acceptors (Lipinski definition) is 4. The Morgan fingerprint density at radius 2 is 2.00 bits per heavy atom. The van der Waals surface area contributed by atoms with Crippen LogP contribution in [0.2, 0.25) is 0 Å². The van der Waals surface area contributed by atoms with E-state index in [1.165, 1.54) is 0 Å². The van der Waals surface area contributed by atoms with Crippen LogP contribution in [0, 0.1) is 0 Å². The zero-order chi connectivity index (χ0) is 16.5. The largest absolute Gasteiger partial charge is 0.494 e. The lowest BCUT2D eigenvalue weighted by Crippen LogP contribution is -2.21. The van der Waals surface area contributed by atoms with Crippen LogP contribution in [-0.4, -0.2) is 27.7 Å². The fourth-order valence-corrected chi connectivity index (χ4v) is 2.94. The first-order valence-electron chi connectivity index (χ1n) is 7.81. The smallest absolute Gasteiger partial charge is 0.270 e. The molecule has 6 nitrogen and oxygen atoms in total. The molecule has 0 radical (unpaired) electrons. The molecule has 3 aromatic rings. The van der Waals surface area contributed by atoms with E-state index in [-0.39, 0.29) is 11.9 Å². The van der Waals surface area contributed by atoms with E-state index in [0.717, 1.165) is 28.3 Å². The monoisotopic (exact) mass is 320 g/mol. The number of ether oxygens (including phenoxy) is 1. The van der Waals surface area contributed by atoms with Crippen LogP contribution in [0.25, 0.3) is 11.3 Å². The third-order valence-electron chi connectivity index (χ3n) is 4.02. The van der Waals surface area contributed by atoms with Gasteiger partial charge in [0, 0.05) is 17.3 Å². The highest BCUT2D eigenvalue weighted by atomic mass is 16.5. The van der Waals surface area contributed by atoms with Gasteiger partial charge in [-0.15, -0.1) is 0 Å². The Labute approximate surface area is 138 Å². The topological polar surface area (TPSA) is 79.9 Å². The van der Waals surface area contributed by atoms with Crippen molar-refractivity contribution in [1.29, 1.82) is 0 Å². The van der Waals surface area contributed by atoms with Crippen molar-refractivity contribution >= 4 is 5.91 Å². The molecule has 1 atom stereocenters. The van der Waals surface area contributed by atoms with Crippen molar-refractivity contribution in [1.82, 2.24) is 20.5 Å². The van der Waals surface area contributed by atoms with E-state index in [1.54, 1.807) is 6.20 Å². The number of aromatic nitrogens is 3. The Morgan fingerprint density at radius 3 is 2.71 bits per heavy atom. The third kappa shape index (κ3) is 2.32. The Bertz CT molecular complexity index is 872. The SMILES string of the molecule is CCOc1ccc(-c2n[nH]c3c2[C@@H](c2ccccn2)NC3=O)cc1. The van der Waals surface area contributed by atoms with Gasteiger partial charge in [0.15, 0.2) is 0 Å². The van der Waals surface area contributed by atoms with Gasteiger partial charge in [0.2, 0.25) is 0 Å². The van der Waals surface area contributed by atoms with Crippen LogP contribution in [0.3, 0.4) is 0 Å². The summed E-state index contributed by atoms with van der Waals surface area (Å²) in [5, 5.41) is 10.2. The fraction of sp³-hybridized carbons (Fsp3) is 0.167. The number of rotatable bonds is 4. The highest BCUT2D eigenvalue weighted by Crippen LogP contribution is 2.36. The summed E-state index contributed by atoms with van der Waals surface area (Å²) in [6, 6.07) is 13.1. The first-order chi connectivity index (χ1) is 11.8. The summed E-state index contributed by atoms with van der Waals surface area (Å²) in [6.45, 7) is 2.57. The van der Waals surface area contributed by atoms with Gasteiger partial charge in [-0.3, -0.25) is 14.9 Å². The van der Waals surface area contributed by atoms with Crippen LogP contribution >= 0.6 is 0 Å². The zero-order valence-electron chi connectivity index (χ0n) is 13.1. The van der Waals surface area contributed by atoms with Crippen LogP contribution in [-0.2, 0) is 0 Å². The van der Waals surface area contributed by atoms with E-state index in [2.05, 4.69) is 20.5 Å². The van der Waals surface area contributed by atoms with Crippen molar-refractivity contribution < 1.29 is 9.53 Å². The average molecular weight is 320 g/mol. The number of amides is 1. The zero-order valence-corrected chi connectivity index (χ0v) is 13.1. The first-order valence-corrected chi connectivity index (χ1v) is 7.81. The number of carbonyl (C=O) groups is 1. The third-order valence-corrected chi connectivity index (χ3v) is 4.02.